The predicted molar refractivity (Wildman–Crippen MR) is 129 cm³/mol. The van der Waals surface area contributed by atoms with Crippen molar-refractivity contribution in [3.63, 3.8) is 0 Å². The lowest BCUT2D eigenvalue weighted by Crippen LogP contribution is -2.40. The van der Waals surface area contributed by atoms with Crippen molar-refractivity contribution in [3.05, 3.63) is 135 Å². The predicted octanol–water partition coefficient (Wildman–Crippen LogP) is 4.74. The van der Waals surface area contributed by atoms with E-state index in [1.54, 1.807) is 0 Å². The zero-order chi connectivity index (χ0) is 22.4. The highest BCUT2D eigenvalue weighted by atomic mass is 16.2. The van der Waals surface area contributed by atoms with Crippen molar-refractivity contribution in [2.24, 2.45) is 0 Å². The maximum absolute atomic E-state index is 11.1. The number of H-pyrrole nitrogens is 1. The Bertz CT molecular complexity index is 1220. The molecule has 32 heavy (non-hydrogen) atoms. The summed E-state index contributed by atoms with van der Waals surface area (Å²) in [7, 11) is 0. The highest BCUT2D eigenvalue weighted by Crippen LogP contribution is 2.43. The molecule has 5 nitrogen and oxygen atoms in total. The lowest BCUT2D eigenvalue weighted by atomic mass is 9.75. The van der Waals surface area contributed by atoms with E-state index in [0.29, 0.717) is 6.54 Å². The molecule has 0 saturated heterocycles. The quantitative estimate of drug-likeness (QED) is 0.485. The van der Waals surface area contributed by atoms with Crippen molar-refractivity contribution in [1.29, 1.82) is 0 Å². The van der Waals surface area contributed by atoms with Crippen LogP contribution in [-0.4, -0.2) is 9.55 Å². The summed E-state index contributed by atoms with van der Waals surface area (Å²) >= 11 is 0. The second-order valence-electron chi connectivity index (χ2n) is 7.84. The molecule has 2 aliphatic rings. The second kappa shape index (κ2) is 9.52. The second-order valence-corrected chi connectivity index (χ2v) is 7.84. The Labute approximate surface area is 187 Å². The fraction of sp³-hybridized carbons (Fsp3) is 0.185. The molecule has 2 N–H and O–H groups in total. The maximum Gasteiger partial charge on any atom is 0.328 e. The first-order chi connectivity index (χ1) is 15.6. The molecule has 0 fully saturated rings. The summed E-state index contributed by atoms with van der Waals surface area (Å²) in [5.74, 6) is 0. The van der Waals surface area contributed by atoms with Crippen LogP contribution in [0.25, 0.3) is 0 Å². The third-order valence-corrected chi connectivity index (χ3v) is 5.71. The Hall–Kier alpha value is -3.86. The summed E-state index contributed by atoms with van der Waals surface area (Å²) in [4.78, 5) is 23.9. The molecule has 0 amide bonds. The number of anilines is 1. The molecule has 162 valence electrons. The summed E-state index contributed by atoms with van der Waals surface area (Å²) in [5.41, 5.74) is 4.06. The van der Waals surface area contributed by atoms with Crippen molar-refractivity contribution in [1.82, 2.24) is 9.55 Å². The number of hydrogen-bond acceptors (Lipinski definition) is 3. The minimum Gasteiger partial charge on any atom is -0.368 e. The van der Waals surface area contributed by atoms with Crippen molar-refractivity contribution in [2.45, 2.75) is 31.8 Å². The first-order valence-electron chi connectivity index (χ1n) is 10.9. The van der Waals surface area contributed by atoms with Crippen LogP contribution in [0.5, 0.6) is 0 Å². The number of aromatic amines is 1. The molecule has 0 unspecified atom stereocenters. The number of rotatable bonds is 5. The number of hydrogen-bond donors (Lipinski definition) is 2. The van der Waals surface area contributed by atoms with Crippen molar-refractivity contribution in [3.8, 4) is 0 Å². The van der Waals surface area contributed by atoms with Crippen LogP contribution >= 0.6 is 0 Å². The third-order valence-electron chi connectivity index (χ3n) is 5.71. The lowest BCUT2D eigenvalue weighted by Gasteiger charge is -2.41. The van der Waals surface area contributed by atoms with Gasteiger partial charge in [0.05, 0.1) is 0 Å². The largest absolute Gasteiger partial charge is 0.368 e. The monoisotopic (exact) mass is 425 g/mol. The van der Waals surface area contributed by atoms with Crippen molar-refractivity contribution >= 4 is 5.69 Å². The van der Waals surface area contributed by atoms with Gasteiger partial charge in [0, 0.05) is 24.5 Å². The first-order valence-corrected chi connectivity index (χ1v) is 10.9. The fourth-order valence-corrected chi connectivity index (χ4v) is 4.06. The van der Waals surface area contributed by atoms with Crippen molar-refractivity contribution in [2.75, 3.05) is 5.32 Å². The third kappa shape index (κ3) is 4.28. The van der Waals surface area contributed by atoms with E-state index in [-0.39, 0.29) is 16.8 Å². The molecule has 0 spiro atoms. The van der Waals surface area contributed by atoms with E-state index in [4.69, 9.17) is 0 Å². The standard InChI is InChI=1S/C19H15N.C8H12N2O2/c1-3-7-15(8-4-1)19(16-9-5-2-6-10-16)17-11-13-18(20-19)14-12-17;1-2-3-5-10-6-4-7(11)9-8(10)12/h1-14,20H;4,6H,2-3,5H2,1H3,(H,9,11,12). The van der Waals surface area contributed by atoms with Gasteiger partial charge in [0.25, 0.3) is 5.56 Å². The number of nitrogens with zero attached hydrogens (tertiary/aromatic N) is 1. The Morgan fingerprint density at radius 1 is 0.750 bits per heavy atom. The van der Waals surface area contributed by atoms with E-state index in [0.717, 1.165) is 18.5 Å². The molecule has 0 atom stereocenters. The van der Waals surface area contributed by atoms with Crippen LogP contribution in [0, 0.1) is 0 Å². The van der Waals surface area contributed by atoms with E-state index in [2.05, 4.69) is 102 Å². The van der Waals surface area contributed by atoms with E-state index >= 15 is 0 Å². The molecule has 4 aromatic rings. The Balaban J connectivity index is 0.000000176. The molecule has 5 heteroatoms. The molecular formula is C27H27N3O2. The van der Waals surface area contributed by atoms with Gasteiger partial charge in [0.15, 0.2) is 0 Å². The van der Waals surface area contributed by atoms with Gasteiger partial charge in [0.1, 0.15) is 5.54 Å². The summed E-state index contributed by atoms with van der Waals surface area (Å²) in [5, 5.41) is 3.70. The average Bonchev–Trinajstić information content (AvgIpc) is 2.85. The van der Waals surface area contributed by atoms with Crippen molar-refractivity contribution < 1.29 is 0 Å². The highest BCUT2D eigenvalue weighted by Gasteiger charge is 2.38. The smallest absolute Gasteiger partial charge is 0.328 e. The summed E-state index contributed by atoms with van der Waals surface area (Å²) < 4.78 is 1.50. The summed E-state index contributed by atoms with van der Waals surface area (Å²) in [6, 6.07) is 31.3. The summed E-state index contributed by atoms with van der Waals surface area (Å²) in [6.07, 6.45) is 3.51. The number of aryl methyl sites for hydroxylation is 1. The molecular weight excluding hydrogens is 398 g/mol. The van der Waals surface area contributed by atoms with Gasteiger partial charge in [-0.15, -0.1) is 0 Å². The van der Waals surface area contributed by atoms with E-state index in [1.807, 2.05) is 0 Å². The number of benzene rings is 3. The van der Waals surface area contributed by atoms with E-state index in [9.17, 15) is 9.59 Å². The maximum atomic E-state index is 11.1. The van der Waals surface area contributed by atoms with Gasteiger partial charge in [-0.3, -0.25) is 9.78 Å². The van der Waals surface area contributed by atoms with Gasteiger partial charge in [-0.2, -0.15) is 0 Å². The molecule has 0 saturated carbocycles. The zero-order valence-corrected chi connectivity index (χ0v) is 18.1. The van der Waals surface area contributed by atoms with Crippen LogP contribution in [0.4, 0.5) is 5.69 Å². The lowest BCUT2D eigenvalue weighted by molar-refractivity contribution is 0.597. The summed E-state index contributed by atoms with van der Waals surface area (Å²) in [6.45, 7) is 2.73. The fourth-order valence-electron chi connectivity index (χ4n) is 4.06. The van der Waals surface area contributed by atoms with Gasteiger partial charge < -0.3 is 9.88 Å². The van der Waals surface area contributed by atoms with Crippen LogP contribution in [0.2, 0.25) is 0 Å². The number of unbranched alkanes of at least 4 members (excludes halogenated alkanes) is 1. The average molecular weight is 426 g/mol. The molecule has 2 bridgehead atoms. The molecule has 0 radical (unpaired) electrons. The van der Waals surface area contributed by atoms with Crippen LogP contribution in [-0.2, 0) is 12.1 Å². The van der Waals surface area contributed by atoms with Gasteiger partial charge in [-0.05, 0) is 35.2 Å². The zero-order valence-electron chi connectivity index (χ0n) is 18.1. The SMILES string of the molecule is CCCCn1ccc(=O)[nH]c1=O.c1ccc(C2(c3ccccc3)Nc3ccc2cc3)cc1. The van der Waals surface area contributed by atoms with Crippen LogP contribution in [0.15, 0.2) is 107 Å². The van der Waals surface area contributed by atoms with Gasteiger partial charge in [-0.1, -0.05) is 86.1 Å². The Morgan fingerprint density at radius 2 is 1.31 bits per heavy atom. The minimum atomic E-state index is -0.340. The first kappa shape index (κ1) is 21.4. The molecule has 3 aromatic carbocycles. The van der Waals surface area contributed by atoms with Crippen LogP contribution < -0.4 is 16.6 Å². The van der Waals surface area contributed by atoms with Gasteiger partial charge in [0.2, 0.25) is 0 Å². The molecule has 0 aliphatic carbocycles. The molecule has 1 aromatic heterocycles. The van der Waals surface area contributed by atoms with E-state index < -0.39 is 0 Å². The van der Waals surface area contributed by atoms with Gasteiger partial charge >= 0.3 is 5.69 Å². The normalized spacial score (nSPS) is 13.0. The molecule has 2 aliphatic heterocycles. The molecule has 3 heterocycles. The van der Waals surface area contributed by atoms with Crippen LogP contribution in [0.3, 0.4) is 0 Å². The molecule has 6 rings (SSSR count). The minimum absolute atomic E-state index is 0.263. The van der Waals surface area contributed by atoms with Crippen LogP contribution in [0.1, 0.15) is 36.5 Å². The highest BCUT2D eigenvalue weighted by molar-refractivity contribution is 5.65. The topological polar surface area (TPSA) is 66.9 Å². The Morgan fingerprint density at radius 3 is 1.78 bits per heavy atom. The number of fused-ring (bicyclic) bond motifs is 3. The van der Waals surface area contributed by atoms with Gasteiger partial charge in [-0.25, -0.2) is 4.79 Å². The number of nitrogens with one attached hydrogen (secondary N) is 2. The van der Waals surface area contributed by atoms with E-state index in [1.165, 1.54) is 33.5 Å². The Kier molecular flexibility index (Phi) is 6.36. The number of aromatic nitrogens is 2.